The Morgan fingerprint density at radius 1 is 1.53 bits per heavy atom. The zero-order valence-corrected chi connectivity index (χ0v) is 12.2. The minimum absolute atomic E-state index is 0.0118. The lowest BCUT2D eigenvalue weighted by molar-refractivity contribution is -0.132. The van der Waals surface area contributed by atoms with Crippen LogP contribution in [0, 0.1) is 23.7 Å². The molecule has 2 unspecified atom stereocenters. The van der Waals surface area contributed by atoms with E-state index in [9.17, 15) is 9.59 Å². The molecule has 0 spiro atoms. The van der Waals surface area contributed by atoms with E-state index in [2.05, 4.69) is 26.7 Å². The Kier molecular flexibility index (Phi) is 4.94. The van der Waals surface area contributed by atoms with Crippen LogP contribution in [0.25, 0.3) is 0 Å². The molecule has 0 aromatic rings. The number of hydrogen-bond donors (Lipinski definition) is 0. The molecule has 2 aliphatic rings. The van der Waals surface area contributed by atoms with Crippen LogP contribution < -0.4 is 0 Å². The summed E-state index contributed by atoms with van der Waals surface area (Å²) in [5, 5.41) is 0. The Hall–Kier alpha value is -1.56. The Bertz CT molecular complexity index is 437. The summed E-state index contributed by atoms with van der Waals surface area (Å²) in [6, 6.07) is 0. The number of terminal acetylenes is 1. The second-order valence-electron chi connectivity index (χ2n) is 5.98. The first-order valence-electron chi connectivity index (χ1n) is 6.59. The third-order valence-corrected chi connectivity index (χ3v) is 4.17. The lowest BCUT2D eigenvalue weighted by Crippen LogP contribution is -2.10. The zero-order valence-electron chi connectivity index (χ0n) is 12.2. The number of ether oxygens (including phenoxy) is 1. The van der Waals surface area contributed by atoms with Gasteiger partial charge in [0.15, 0.2) is 5.78 Å². The van der Waals surface area contributed by atoms with Crippen molar-refractivity contribution in [2.75, 3.05) is 0 Å². The molecule has 0 aromatic carbocycles. The Labute approximate surface area is 115 Å². The minimum atomic E-state index is -0.395. The van der Waals surface area contributed by atoms with Crippen molar-refractivity contribution in [1.29, 1.82) is 0 Å². The van der Waals surface area contributed by atoms with Gasteiger partial charge in [-0.15, -0.1) is 12.3 Å². The molecule has 0 aliphatic heterocycles. The van der Waals surface area contributed by atoms with Crippen molar-refractivity contribution >= 4 is 12.3 Å². The first kappa shape index (κ1) is 15.5. The van der Waals surface area contributed by atoms with Crippen LogP contribution in [0.5, 0.6) is 0 Å². The average molecular weight is 262 g/mol. The Balaban J connectivity index is 0.000000250. The highest BCUT2D eigenvalue weighted by atomic mass is 16.5. The SMILES string of the molecule is C#CCC1=C(C)C(OC=O)CC1=O.CC1CC1(C)C. The number of hydrogen-bond acceptors (Lipinski definition) is 3. The monoisotopic (exact) mass is 262 g/mol. The fraction of sp³-hybridized carbons (Fsp3) is 0.625. The van der Waals surface area contributed by atoms with Crippen LogP contribution in [0.15, 0.2) is 11.1 Å². The largest absolute Gasteiger partial charge is 0.460 e. The molecule has 1 saturated carbocycles. The quantitative estimate of drug-likeness (QED) is 0.580. The number of ketones is 1. The molecular weight excluding hydrogens is 240 g/mol. The minimum Gasteiger partial charge on any atom is -0.460 e. The maximum atomic E-state index is 11.3. The van der Waals surface area contributed by atoms with Gasteiger partial charge in [-0.1, -0.05) is 20.8 Å². The second-order valence-corrected chi connectivity index (χ2v) is 5.98. The molecule has 0 aromatic heterocycles. The van der Waals surface area contributed by atoms with Crippen LogP contribution in [0.1, 0.15) is 47.0 Å². The van der Waals surface area contributed by atoms with Gasteiger partial charge in [-0.2, -0.15) is 0 Å². The van der Waals surface area contributed by atoms with E-state index in [0.717, 1.165) is 11.5 Å². The van der Waals surface area contributed by atoms with E-state index in [-0.39, 0.29) is 12.2 Å². The Morgan fingerprint density at radius 2 is 2.05 bits per heavy atom. The highest BCUT2D eigenvalue weighted by Gasteiger charge is 2.41. The van der Waals surface area contributed by atoms with Gasteiger partial charge in [0, 0.05) is 12.0 Å². The molecule has 0 N–H and O–H groups in total. The van der Waals surface area contributed by atoms with Crippen molar-refractivity contribution in [3.05, 3.63) is 11.1 Å². The first-order valence-corrected chi connectivity index (χ1v) is 6.59. The molecule has 0 bridgehead atoms. The van der Waals surface area contributed by atoms with Crippen molar-refractivity contribution in [2.45, 2.75) is 53.1 Å². The van der Waals surface area contributed by atoms with Crippen molar-refractivity contribution in [3.63, 3.8) is 0 Å². The van der Waals surface area contributed by atoms with Crippen LogP contribution in [-0.4, -0.2) is 18.4 Å². The van der Waals surface area contributed by atoms with Gasteiger partial charge in [0.2, 0.25) is 0 Å². The average Bonchev–Trinajstić information content (AvgIpc) is 2.79. The molecule has 1 fully saturated rings. The van der Waals surface area contributed by atoms with Crippen molar-refractivity contribution in [3.8, 4) is 12.3 Å². The predicted molar refractivity (Wildman–Crippen MR) is 74.3 cm³/mol. The molecule has 2 aliphatic carbocycles. The Morgan fingerprint density at radius 3 is 2.42 bits per heavy atom. The van der Waals surface area contributed by atoms with E-state index in [1.165, 1.54) is 6.42 Å². The summed E-state index contributed by atoms with van der Waals surface area (Å²) >= 11 is 0. The van der Waals surface area contributed by atoms with E-state index >= 15 is 0 Å². The standard InChI is InChI=1S/C10H10O3.C6H12/c1-3-4-8-7(2)10(13-6-11)5-9(8)12;1-5-4-6(5,2)3/h1,6,10H,4-5H2,2H3;5H,4H2,1-3H3. The predicted octanol–water partition coefficient (Wildman–Crippen LogP) is 2.89. The summed E-state index contributed by atoms with van der Waals surface area (Å²) in [4.78, 5) is 21.4. The molecule has 3 heteroatoms. The molecular formula is C16H22O3. The van der Waals surface area contributed by atoms with E-state index in [0.29, 0.717) is 23.9 Å². The van der Waals surface area contributed by atoms with Crippen LogP contribution in [0.3, 0.4) is 0 Å². The molecule has 0 saturated heterocycles. The van der Waals surface area contributed by atoms with Gasteiger partial charge < -0.3 is 4.74 Å². The van der Waals surface area contributed by atoms with Gasteiger partial charge in [-0.25, -0.2) is 0 Å². The third kappa shape index (κ3) is 3.96. The van der Waals surface area contributed by atoms with Gasteiger partial charge in [-0.3, -0.25) is 9.59 Å². The van der Waals surface area contributed by atoms with Gasteiger partial charge >= 0.3 is 0 Å². The molecule has 0 radical (unpaired) electrons. The molecule has 2 rings (SSSR count). The summed E-state index contributed by atoms with van der Waals surface area (Å²) in [5.74, 6) is 3.40. The zero-order chi connectivity index (χ0) is 14.6. The lowest BCUT2D eigenvalue weighted by Gasteiger charge is -2.07. The van der Waals surface area contributed by atoms with Gasteiger partial charge in [0.1, 0.15) is 6.10 Å². The maximum Gasteiger partial charge on any atom is 0.293 e. The summed E-state index contributed by atoms with van der Waals surface area (Å²) in [7, 11) is 0. The normalized spacial score (nSPS) is 27.2. The van der Waals surface area contributed by atoms with Crippen LogP contribution >= 0.6 is 0 Å². The number of rotatable bonds is 3. The van der Waals surface area contributed by atoms with E-state index in [4.69, 9.17) is 11.2 Å². The van der Waals surface area contributed by atoms with Crippen LogP contribution in [0.2, 0.25) is 0 Å². The fourth-order valence-electron chi connectivity index (χ4n) is 2.15. The summed E-state index contributed by atoms with van der Waals surface area (Å²) in [6.07, 6.45) is 6.71. The van der Waals surface area contributed by atoms with Crippen molar-refractivity contribution in [1.82, 2.24) is 0 Å². The number of allylic oxidation sites excluding steroid dienone is 1. The van der Waals surface area contributed by atoms with Crippen molar-refractivity contribution in [2.24, 2.45) is 11.3 Å². The van der Waals surface area contributed by atoms with Gasteiger partial charge in [0.25, 0.3) is 6.47 Å². The van der Waals surface area contributed by atoms with Gasteiger partial charge in [-0.05, 0) is 30.3 Å². The molecule has 0 amide bonds. The highest BCUT2D eigenvalue weighted by Crippen LogP contribution is 2.50. The van der Waals surface area contributed by atoms with E-state index in [1.54, 1.807) is 6.92 Å². The number of Topliss-reactive ketones (excluding diaryl/α,β-unsaturated/α-hetero) is 1. The molecule has 104 valence electrons. The molecule has 3 nitrogen and oxygen atoms in total. The first-order chi connectivity index (χ1) is 8.83. The molecule has 2 atom stereocenters. The lowest BCUT2D eigenvalue weighted by atomic mass is 10.1. The van der Waals surface area contributed by atoms with E-state index in [1.807, 2.05) is 0 Å². The number of carbonyl (C=O) groups excluding carboxylic acids is 2. The topological polar surface area (TPSA) is 43.4 Å². The van der Waals surface area contributed by atoms with Crippen LogP contribution in [-0.2, 0) is 14.3 Å². The number of carbonyl (C=O) groups is 2. The summed E-state index contributed by atoms with van der Waals surface area (Å²) < 4.78 is 4.73. The van der Waals surface area contributed by atoms with Crippen LogP contribution in [0.4, 0.5) is 0 Å². The highest BCUT2D eigenvalue weighted by molar-refractivity contribution is 6.00. The molecule has 19 heavy (non-hydrogen) atoms. The van der Waals surface area contributed by atoms with Gasteiger partial charge in [0.05, 0.1) is 6.42 Å². The third-order valence-electron chi connectivity index (χ3n) is 4.17. The van der Waals surface area contributed by atoms with Crippen molar-refractivity contribution < 1.29 is 14.3 Å². The summed E-state index contributed by atoms with van der Waals surface area (Å²) in [5.41, 5.74) is 2.12. The second kappa shape index (κ2) is 6.06. The maximum absolute atomic E-state index is 11.3. The smallest absolute Gasteiger partial charge is 0.293 e. The summed E-state index contributed by atoms with van der Waals surface area (Å²) in [6.45, 7) is 9.07. The fourth-order valence-corrected chi connectivity index (χ4v) is 2.15. The van der Waals surface area contributed by atoms with E-state index < -0.39 is 6.10 Å². The molecule has 0 heterocycles.